The van der Waals surface area contributed by atoms with Crippen LogP contribution in [0, 0.1) is 0 Å². The van der Waals surface area contributed by atoms with E-state index in [9.17, 15) is 4.79 Å². The molecule has 0 fully saturated rings. The van der Waals surface area contributed by atoms with Gasteiger partial charge in [0.05, 0.1) is 12.2 Å². The van der Waals surface area contributed by atoms with Crippen molar-refractivity contribution < 1.29 is 9.53 Å². The van der Waals surface area contributed by atoms with Gasteiger partial charge in [0.1, 0.15) is 12.4 Å². The van der Waals surface area contributed by atoms with E-state index in [1.165, 1.54) is 11.2 Å². The van der Waals surface area contributed by atoms with Crippen LogP contribution in [0.5, 0.6) is 0 Å². The number of anilines is 1. The molecule has 0 bridgehead atoms. The Hall–Kier alpha value is -2.28. The molecule has 0 saturated heterocycles. The number of aromatic nitrogens is 3. The number of nitrogens with one attached hydrogen (secondary N) is 1. The largest absolute Gasteiger partial charge is 0.463 e. The van der Waals surface area contributed by atoms with Crippen molar-refractivity contribution in [1.82, 2.24) is 14.8 Å². The molecule has 1 aromatic carbocycles. The minimum atomic E-state index is -0.344. The number of hydrogen-bond donors (Lipinski definition) is 1. The molecule has 0 radical (unpaired) electrons. The first-order valence-electron chi connectivity index (χ1n) is 7.34. The number of hydrogen-bond acceptors (Lipinski definition) is 6. The molecule has 0 saturated carbocycles. The Labute approximate surface area is 138 Å². The van der Waals surface area contributed by atoms with Gasteiger partial charge in [-0.1, -0.05) is 12.1 Å². The lowest BCUT2D eigenvalue weighted by molar-refractivity contribution is -0.139. The number of rotatable bonds is 4. The summed E-state index contributed by atoms with van der Waals surface area (Å²) in [5.74, 6) is 0.284. The Bertz CT molecular complexity index is 752. The molecule has 23 heavy (non-hydrogen) atoms. The second-order valence-corrected chi connectivity index (χ2v) is 5.97. The zero-order valence-electron chi connectivity index (χ0n) is 13.2. The van der Waals surface area contributed by atoms with Crippen molar-refractivity contribution in [2.75, 3.05) is 18.2 Å². The lowest BCUT2D eigenvalue weighted by atomic mass is 9.96. The van der Waals surface area contributed by atoms with E-state index in [4.69, 9.17) is 4.74 Å². The number of thioether (sulfide) groups is 1. The third-order valence-electron chi connectivity index (χ3n) is 3.72. The SMILES string of the molecule is CCOC(=O)C1=C(C)Nc2ncnn2[C@@H]1c1ccc(SC)cc1. The smallest absolute Gasteiger partial charge is 0.338 e. The first kappa shape index (κ1) is 15.6. The van der Waals surface area contributed by atoms with E-state index in [0.29, 0.717) is 18.1 Å². The summed E-state index contributed by atoms with van der Waals surface area (Å²) in [6.45, 7) is 3.98. The van der Waals surface area contributed by atoms with Crippen LogP contribution < -0.4 is 5.32 Å². The lowest BCUT2D eigenvalue weighted by Crippen LogP contribution is -2.29. The Morgan fingerprint density at radius 3 is 2.78 bits per heavy atom. The third-order valence-corrected chi connectivity index (χ3v) is 4.46. The molecule has 7 heteroatoms. The molecule has 0 aliphatic carbocycles. The van der Waals surface area contributed by atoms with Crippen molar-refractivity contribution in [1.29, 1.82) is 0 Å². The van der Waals surface area contributed by atoms with Crippen LogP contribution in [0.15, 0.2) is 46.8 Å². The number of ether oxygens (including phenoxy) is 1. The van der Waals surface area contributed by atoms with Gasteiger partial charge >= 0.3 is 5.97 Å². The maximum atomic E-state index is 12.5. The molecule has 1 aliphatic heterocycles. The molecule has 1 N–H and O–H groups in total. The molecule has 120 valence electrons. The van der Waals surface area contributed by atoms with Gasteiger partial charge in [-0.15, -0.1) is 11.8 Å². The van der Waals surface area contributed by atoms with E-state index in [1.54, 1.807) is 23.4 Å². The molecule has 6 nitrogen and oxygen atoms in total. The predicted molar refractivity (Wildman–Crippen MR) is 89.3 cm³/mol. The number of carbonyl (C=O) groups is 1. The average molecular weight is 330 g/mol. The lowest BCUT2D eigenvalue weighted by Gasteiger charge is -2.28. The van der Waals surface area contributed by atoms with E-state index in [0.717, 1.165) is 11.3 Å². The van der Waals surface area contributed by atoms with E-state index < -0.39 is 0 Å². The van der Waals surface area contributed by atoms with Gasteiger partial charge in [0.25, 0.3) is 0 Å². The topological polar surface area (TPSA) is 69.0 Å². The Morgan fingerprint density at radius 2 is 2.13 bits per heavy atom. The van der Waals surface area contributed by atoms with Crippen LogP contribution in [0.1, 0.15) is 25.5 Å². The molecule has 3 rings (SSSR count). The minimum Gasteiger partial charge on any atom is -0.463 e. The highest BCUT2D eigenvalue weighted by Crippen LogP contribution is 2.35. The quantitative estimate of drug-likeness (QED) is 0.687. The van der Waals surface area contributed by atoms with Crippen molar-refractivity contribution in [2.45, 2.75) is 24.8 Å². The van der Waals surface area contributed by atoms with Crippen LogP contribution in [-0.4, -0.2) is 33.6 Å². The van der Waals surface area contributed by atoms with Gasteiger partial charge in [-0.25, -0.2) is 9.48 Å². The fourth-order valence-electron chi connectivity index (χ4n) is 2.66. The van der Waals surface area contributed by atoms with Gasteiger partial charge < -0.3 is 10.1 Å². The monoisotopic (exact) mass is 330 g/mol. The van der Waals surface area contributed by atoms with Gasteiger partial charge in [-0.3, -0.25) is 0 Å². The number of carbonyl (C=O) groups excluding carboxylic acids is 1. The van der Waals surface area contributed by atoms with E-state index in [2.05, 4.69) is 15.4 Å². The van der Waals surface area contributed by atoms with Crippen LogP contribution in [0.2, 0.25) is 0 Å². The van der Waals surface area contributed by atoms with Crippen molar-refractivity contribution in [3.8, 4) is 0 Å². The zero-order valence-corrected chi connectivity index (χ0v) is 14.1. The van der Waals surface area contributed by atoms with Gasteiger partial charge in [-0.2, -0.15) is 10.1 Å². The Morgan fingerprint density at radius 1 is 1.39 bits per heavy atom. The number of esters is 1. The maximum Gasteiger partial charge on any atom is 0.338 e. The van der Waals surface area contributed by atoms with Gasteiger partial charge in [0.2, 0.25) is 5.95 Å². The number of nitrogens with zero attached hydrogens (tertiary/aromatic N) is 3. The molecule has 0 unspecified atom stereocenters. The Kier molecular flexibility index (Phi) is 4.38. The summed E-state index contributed by atoms with van der Waals surface area (Å²) in [6.07, 6.45) is 3.51. The zero-order chi connectivity index (χ0) is 16.4. The number of benzene rings is 1. The highest BCUT2D eigenvalue weighted by Gasteiger charge is 2.34. The molecule has 1 aliphatic rings. The van der Waals surface area contributed by atoms with Crippen LogP contribution in [0.3, 0.4) is 0 Å². The van der Waals surface area contributed by atoms with Crippen molar-refractivity contribution >= 4 is 23.7 Å². The summed E-state index contributed by atoms with van der Waals surface area (Å²) >= 11 is 1.68. The fourth-order valence-corrected chi connectivity index (χ4v) is 3.07. The molecular weight excluding hydrogens is 312 g/mol. The minimum absolute atomic E-state index is 0.331. The highest BCUT2D eigenvalue weighted by molar-refractivity contribution is 7.98. The predicted octanol–water partition coefficient (Wildman–Crippen LogP) is 2.85. The van der Waals surface area contributed by atoms with Crippen LogP contribution >= 0.6 is 11.8 Å². The van der Waals surface area contributed by atoms with Crippen LogP contribution in [0.4, 0.5) is 5.95 Å². The van der Waals surface area contributed by atoms with Crippen LogP contribution in [-0.2, 0) is 9.53 Å². The van der Waals surface area contributed by atoms with Gasteiger partial charge in [0.15, 0.2) is 0 Å². The van der Waals surface area contributed by atoms with Crippen LogP contribution in [0.25, 0.3) is 0 Å². The highest BCUT2D eigenvalue weighted by atomic mass is 32.2. The molecule has 2 aromatic rings. The summed E-state index contributed by atoms with van der Waals surface area (Å²) in [5, 5.41) is 7.40. The van der Waals surface area contributed by atoms with E-state index in [1.807, 2.05) is 37.4 Å². The first-order chi connectivity index (χ1) is 11.2. The van der Waals surface area contributed by atoms with Crippen molar-refractivity contribution in [2.24, 2.45) is 0 Å². The third kappa shape index (κ3) is 2.84. The maximum absolute atomic E-state index is 12.5. The fraction of sp³-hybridized carbons (Fsp3) is 0.312. The molecule has 1 atom stereocenters. The van der Waals surface area contributed by atoms with E-state index >= 15 is 0 Å². The standard InChI is InChI=1S/C16H18N4O2S/c1-4-22-15(21)13-10(2)19-16-17-9-18-20(16)14(13)11-5-7-12(23-3)8-6-11/h5-9,14H,4H2,1-3H3,(H,17,18,19)/t14-/m1/s1. The summed E-state index contributed by atoms with van der Waals surface area (Å²) in [7, 11) is 0. The molecular formula is C16H18N4O2S. The number of fused-ring (bicyclic) bond motifs is 1. The van der Waals surface area contributed by atoms with Gasteiger partial charge in [-0.05, 0) is 37.8 Å². The second kappa shape index (κ2) is 6.45. The first-order valence-corrected chi connectivity index (χ1v) is 8.56. The molecule has 1 aromatic heterocycles. The summed E-state index contributed by atoms with van der Waals surface area (Å²) in [6, 6.07) is 7.76. The molecule has 2 heterocycles. The molecule has 0 spiro atoms. The van der Waals surface area contributed by atoms with Crippen molar-refractivity contribution in [3.63, 3.8) is 0 Å². The number of allylic oxidation sites excluding steroid dienone is 1. The normalized spacial score (nSPS) is 16.7. The van der Waals surface area contributed by atoms with Crippen molar-refractivity contribution in [3.05, 3.63) is 47.4 Å². The van der Waals surface area contributed by atoms with Gasteiger partial charge in [0, 0.05) is 10.6 Å². The summed E-state index contributed by atoms with van der Waals surface area (Å²) in [5.41, 5.74) is 2.27. The summed E-state index contributed by atoms with van der Waals surface area (Å²) in [4.78, 5) is 17.8. The second-order valence-electron chi connectivity index (χ2n) is 5.09. The Balaban J connectivity index is 2.10. The summed E-state index contributed by atoms with van der Waals surface area (Å²) < 4.78 is 6.95. The van der Waals surface area contributed by atoms with E-state index in [-0.39, 0.29) is 12.0 Å². The molecule has 0 amide bonds. The average Bonchev–Trinajstić information content (AvgIpc) is 3.01.